The summed E-state index contributed by atoms with van der Waals surface area (Å²) in [5, 5.41) is 11.2. The molecule has 0 fully saturated rings. The fourth-order valence-electron chi connectivity index (χ4n) is 4.73. The first kappa shape index (κ1) is 27.3. The van der Waals surface area contributed by atoms with E-state index < -0.39 is 0 Å². The number of benzene rings is 4. The van der Waals surface area contributed by atoms with E-state index in [1.807, 2.05) is 121 Å². The lowest BCUT2D eigenvalue weighted by Gasteiger charge is -2.12. The number of nitrogens with zero attached hydrogens (tertiary/aromatic N) is 4. The van der Waals surface area contributed by atoms with Crippen molar-refractivity contribution >= 4 is 33.8 Å². The fraction of sp³-hybridized carbons (Fsp3) is 0.118. The van der Waals surface area contributed by atoms with Gasteiger partial charge in [0, 0.05) is 6.07 Å². The maximum absolute atomic E-state index is 14.0. The number of ether oxygens (including phenoxy) is 2. The van der Waals surface area contributed by atoms with Crippen LogP contribution in [0.2, 0.25) is 0 Å². The Morgan fingerprint density at radius 1 is 0.881 bits per heavy atom. The number of thiophene rings is 1. The number of carbonyl (C=O) groups excluding carboxylic acids is 1. The number of methoxy groups -OCH3 is 1. The number of imidazole rings is 1. The van der Waals surface area contributed by atoms with E-state index in [-0.39, 0.29) is 24.4 Å². The van der Waals surface area contributed by atoms with Gasteiger partial charge < -0.3 is 9.47 Å². The molecule has 0 bridgehead atoms. The molecule has 6 rings (SSSR count). The third-order valence-corrected chi connectivity index (χ3v) is 7.76. The van der Waals surface area contributed by atoms with Crippen LogP contribution in [0.1, 0.15) is 38.2 Å². The van der Waals surface area contributed by atoms with E-state index in [2.05, 4.69) is 5.11 Å². The van der Waals surface area contributed by atoms with Crippen molar-refractivity contribution in [2.75, 3.05) is 7.11 Å². The third-order valence-electron chi connectivity index (χ3n) is 6.85. The summed E-state index contributed by atoms with van der Waals surface area (Å²) in [7, 11) is 1.61. The molecule has 42 heavy (non-hydrogen) atoms. The normalized spacial score (nSPS) is 11.5. The predicted molar refractivity (Wildman–Crippen MR) is 165 cm³/mol. The van der Waals surface area contributed by atoms with Gasteiger partial charge in [0.05, 0.1) is 24.8 Å². The molecular weight excluding hydrogens is 544 g/mol. The Morgan fingerprint density at radius 2 is 1.55 bits per heavy atom. The van der Waals surface area contributed by atoms with Crippen LogP contribution in [0.5, 0.6) is 5.75 Å². The standard InChI is InChI=1S/C34H28N4O3S/c1-40-27-17-18-28-30(21-27)38(23-41-22-24-11-5-2-6-12-24)34(35-28)32(39)33-29(19-20-42-33)36-37-31(25-13-7-3-8-14-25)26-15-9-4-10-16-26/h2-21,31H,22-23H2,1H3. The number of carbonyl (C=O) groups is 1. The van der Waals surface area contributed by atoms with E-state index in [0.717, 1.165) is 22.2 Å². The molecule has 0 radical (unpaired) electrons. The Labute approximate surface area is 247 Å². The SMILES string of the molecule is COc1ccc2nc(C(=O)c3sccc3N=NC(c3ccccc3)c3ccccc3)n(COCc3ccccc3)c2c1. The maximum Gasteiger partial charge on any atom is 0.240 e. The monoisotopic (exact) mass is 572 g/mol. The van der Waals surface area contributed by atoms with E-state index in [1.54, 1.807) is 11.7 Å². The first-order chi connectivity index (χ1) is 20.7. The molecule has 0 saturated carbocycles. The second-order valence-electron chi connectivity index (χ2n) is 9.58. The number of rotatable bonds is 11. The van der Waals surface area contributed by atoms with Crippen molar-refractivity contribution in [2.45, 2.75) is 19.4 Å². The zero-order valence-corrected chi connectivity index (χ0v) is 23.8. The quantitative estimate of drug-likeness (QED) is 0.115. The summed E-state index contributed by atoms with van der Waals surface area (Å²) >= 11 is 1.32. The Bertz CT molecular complexity index is 1780. The molecule has 4 aromatic carbocycles. The summed E-state index contributed by atoms with van der Waals surface area (Å²) in [5.74, 6) is 0.700. The Balaban J connectivity index is 1.33. The first-order valence-electron chi connectivity index (χ1n) is 13.5. The molecule has 0 amide bonds. The van der Waals surface area contributed by atoms with Gasteiger partial charge in [-0.25, -0.2) is 4.98 Å². The average Bonchev–Trinajstić information content (AvgIpc) is 3.67. The summed E-state index contributed by atoms with van der Waals surface area (Å²) in [6.45, 7) is 0.545. The third kappa shape index (κ3) is 5.90. The highest BCUT2D eigenvalue weighted by atomic mass is 32.1. The maximum atomic E-state index is 14.0. The number of hydrogen-bond acceptors (Lipinski definition) is 7. The van der Waals surface area contributed by atoms with Gasteiger partial charge in [-0.2, -0.15) is 10.2 Å². The molecule has 0 aliphatic heterocycles. The van der Waals surface area contributed by atoms with E-state index in [0.29, 0.717) is 28.4 Å². The molecule has 0 unspecified atom stereocenters. The number of aromatic nitrogens is 2. The molecule has 7 nitrogen and oxygen atoms in total. The fourth-order valence-corrected chi connectivity index (χ4v) is 5.49. The zero-order chi connectivity index (χ0) is 28.7. The van der Waals surface area contributed by atoms with Gasteiger partial charge in [0.15, 0.2) is 5.82 Å². The second kappa shape index (κ2) is 12.7. The summed E-state index contributed by atoms with van der Waals surface area (Å²) in [6, 6.07) is 37.0. The highest BCUT2D eigenvalue weighted by Crippen LogP contribution is 2.33. The zero-order valence-electron chi connectivity index (χ0n) is 23.0. The average molecular weight is 573 g/mol. The highest BCUT2D eigenvalue weighted by Gasteiger charge is 2.24. The van der Waals surface area contributed by atoms with Crippen molar-refractivity contribution in [3.8, 4) is 5.75 Å². The van der Waals surface area contributed by atoms with Gasteiger partial charge in [-0.3, -0.25) is 9.36 Å². The van der Waals surface area contributed by atoms with Gasteiger partial charge in [0.2, 0.25) is 5.78 Å². The van der Waals surface area contributed by atoms with Gasteiger partial charge in [-0.1, -0.05) is 91.0 Å². The van der Waals surface area contributed by atoms with Crippen LogP contribution in [0.25, 0.3) is 11.0 Å². The molecular formula is C34H28N4O3S. The molecule has 2 heterocycles. The molecule has 6 aromatic rings. The molecule has 0 aliphatic carbocycles. The summed E-state index contributed by atoms with van der Waals surface area (Å²) < 4.78 is 13.3. The molecule has 8 heteroatoms. The van der Waals surface area contributed by atoms with Crippen LogP contribution in [-0.2, 0) is 18.1 Å². The predicted octanol–water partition coefficient (Wildman–Crippen LogP) is 8.39. The van der Waals surface area contributed by atoms with E-state index >= 15 is 0 Å². The molecule has 0 N–H and O–H groups in total. The van der Waals surface area contributed by atoms with Gasteiger partial charge in [-0.05, 0) is 40.3 Å². The van der Waals surface area contributed by atoms with Crippen LogP contribution < -0.4 is 4.74 Å². The molecule has 208 valence electrons. The molecule has 0 atom stereocenters. The highest BCUT2D eigenvalue weighted by molar-refractivity contribution is 7.12. The van der Waals surface area contributed by atoms with Crippen molar-refractivity contribution in [1.82, 2.24) is 9.55 Å². The van der Waals surface area contributed by atoms with E-state index in [9.17, 15) is 4.79 Å². The van der Waals surface area contributed by atoms with Crippen LogP contribution in [0.15, 0.2) is 131 Å². The Hall–Kier alpha value is -4.92. The summed E-state index contributed by atoms with van der Waals surface area (Å²) in [6.07, 6.45) is 0. The number of fused-ring (bicyclic) bond motifs is 1. The van der Waals surface area contributed by atoms with Crippen LogP contribution in [-0.4, -0.2) is 22.4 Å². The van der Waals surface area contributed by atoms with Gasteiger partial charge in [-0.15, -0.1) is 11.3 Å². The number of ketones is 1. The van der Waals surface area contributed by atoms with Crippen LogP contribution >= 0.6 is 11.3 Å². The molecule has 0 aliphatic rings. The Kier molecular flexibility index (Phi) is 8.26. The van der Waals surface area contributed by atoms with Crippen LogP contribution in [0.4, 0.5) is 5.69 Å². The van der Waals surface area contributed by atoms with E-state index in [4.69, 9.17) is 19.6 Å². The minimum atomic E-state index is -0.307. The number of hydrogen-bond donors (Lipinski definition) is 0. The van der Waals surface area contributed by atoms with Crippen molar-refractivity contribution < 1.29 is 14.3 Å². The smallest absolute Gasteiger partial charge is 0.240 e. The second-order valence-corrected chi connectivity index (χ2v) is 10.5. The largest absolute Gasteiger partial charge is 0.497 e. The molecule has 0 spiro atoms. The van der Waals surface area contributed by atoms with Crippen molar-refractivity contribution in [2.24, 2.45) is 10.2 Å². The molecule has 2 aromatic heterocycles. The lowest BCUT2D eigenvalue weighted by atomic mass is 10.00. The minimum Gasteiger partial charge on any atom is -0.497 e. The lowest BCUT2D eigenvalue weighted by Crippen LogP contribution is -2.13. The minimum absolute atomic E-state index is 0.145. The van der Waals surface area contributed by atoms with Crippen molar-refractivity contribution in [3.05, 3.63) is 148 Å². The van der Waals surface area contributed by atoms with Crippen LogP contribution in [0, 0.1) is 0 Å². The lowest BCUT2D eigenvalue weighted by molar-refractivity contribution is 0.0635. The van der Waals surface area contributed by atoms with Gasteiger partial charge in [0.1, 0.15) is 29.1 Å². The first-order valence-corrected chi connectivity index (χ1v) is 14.4. The van der Waals surface area contributed by atoms with E-state index in [1.165, 1.54) is 11.3 Å². The summed E-state index contributed by atoms with van der Waals surface area (Å²) in [4.78, 5) is 19.2. The van der Waals surface area contributed by atoms with Gasteiger partial charge >= 0.3 is 0 Å². The van der Waals surface area contributed by atoms with Gasteiger partial charge in [0.25, 0.3) is 0 Å². The molecule has 0 saturated heterocycles. The van der Waals surface area contributed by atoms with Crippen molar-refractivity contribution in [1.29, 1.82) is 0 Å². The Morgan fingerprint density at radius 3 is 2.21 bits per heavy atom. The topological polar surface area (TPSA) is 78.1 Å². The van der Waals surface area contributed by atoms with Crippen LogP contribution in [0.3, 0.4) is 0 Å². The van der Waals surface area contributed by atoms with Crippen molar-refractivity contribution in [3.63, 3.8) is 0 Å². The summed E-state index contributed by atoms with van der Waals surface area (Å²) in [5.41, 5.74) is 5.00. The number of azo groups is 1.